The molecular weight excluding hydrogens is 272 g/mol. The second-order valence-electron chi connectivity index (χ2n) is 5.97. The van der Waals surface area contributed by atoms with E-state index in [1.54, 1.807) is 0 Å². The van der Waals surface area contributed by atoms with Crippen LogP contribution in [0.5, 0.6) is 0 Å². The van der Waals surface area contributed by atoms with E-state index in [2.05, 4.69) is 17.3 Å². The second-order valence-corrected chi connectivity index (χ2v) is 5.97. The predicted molar refractivity (Wildman–Crippen MR) is 83.5 cm³/mol. The number of nitrogens with one attached hydrogen (secondary N) is 1. The molecule has 0 spiro atoms. The van der Waals surface area contributed by atoms with Gasteiger partial charge in [0.1, 0.15) is 5.60 Å². The highest BCUT2D eigenvalue weighted by Crippen LogP contribution is 2.07. The van der Waals surface area contributed by atoms with Gasteiger partial charge in [0.2, 0.25) is 0 Å². The topological polar surface area (TPSA) is 60.0 Å². The summed E-state index contributed by atoms with van der Waals surface area (Å²) >= 11 is 0. The van der Waals surface area contributed by atoms with Crippen LogP contribution < -0.4 is 5.32 Å². The van der Waals surface area contributed by atoms with E-state index in [1.165, 1.54) is 0 Å². The van der Waals surface area contributed by atoms with Gasteiger partial charge in [0, 0.05) is 19.6 Å². The smallest absolute Gasteiger partial charge is 0.308 e. The van der Waals surface area contributed by atoms with Gasteiger partial charge in [-0.1, -0.05) is 0 Å². The maximum absolute atomic E-state index is 11.4. The van der Waals surface area contributed by atoms with Gasteiger partial charge < -0.3 is 24.4 Å². The van der Waals surface area contributed by atoms with Crippen LogP contribution in [0.3, 0.4) is 0 Å². The Hall–Kier alpha value is -0.690. The van der Waals surface area contributed by atoms with Crippen LogP contribution in [0.15, 0.2) is 0 Å². The molecule has 0 saturated heterocycles. The van der Waals surface area contributed by atoms with E-state index in [9.17, 15) is 4.79 Å². The van der Waals surface area contributed by atoms with Crippen molar-refractivity contribution in [1.29, 1.82) is 0 Å². The van der Waals surface area contributed by atoms with Crippen LogP contribution in [-0.4, -0.2) is 76.6 Å². The van der Waals surface area contributed by atoms with Crippen molar-refractivity contribution in [3.63, 3.8) is 0 Å². The molecular formula is C15H32N2O4. The van der Waals surface area contributed by atoms with Crippen molar-refractivity contribution < 1.29 is 19.0 Å². The Morgan fingerprint density at radius 1 is 1.05 bits per heavy atom. The highest BCUT2D eigenvalue weighted by atomic mass is 16.6. The zero-order valence-corrected chi connectivity index (χ0v) is 14.2. The van der Waals surface area contributed by atoms with E-state index in [-0.39, 0.29) is 12.4 Å². The average molecular weight is 304 g/mol. The molecule has 0 aliphatic heterocycles. The summed E-state index contributed by atoms with van der Waals surface area (Å²) in [6.45, 7) is 10.6. The molecule has 0 atom stereocenters. The fourth-order valence-corrected chi connectivity index (χ4v) is 1.50. The third kappa shape index (κ3) is 15.5. The summed E-state index contributed by atoms with van der Waals surface area (Å²) in [7, 11) is 4.01. The molecule has 0 aromatic carbocycles. The number of hydrogen-bond donors (Lipinski definition) is 1. The molecule has 0 fully saturated rings. The summed E-state index contributed by atoms with van der Waals surface area (Å²) in [6.07, 6.45) is 0.282. The third-order valence-corrected chi connectivity index (χ3v) is 2.60. The minimum atomic E-state index is -0.431. The molecule has 6 heteroatoms. The summed E-state index contributed by atoms with van der Waals surface area (Å²) in [4.78, 5) is 13.6. The monoisotopic (exact) mass is 304 g/mol. The van der Waals surface area contributed by atoms with E-state index in [0.717, 1.165) is 19.6 Å². The lowest BCUT2D eigenvalue weighted by Crippen LogP contribution is -2.30. The van der Waals surface area contributed by atoms with Gasteiger partial charge in [-0.2, -0.15) is 0 Å². The third-order valence-electron chi connectivity index (χ3n) is 2.60. The number of carbonyl (C=O) groups excluding carboxylic acids is 1. The molecule has 0 aromatic heterocycles. The Morgan fingerprint density at radius 3 is 2.24 bits per heavy atom. The number of rotatable bonds is 12. The SMILES string of the molecule is CNCCN(C)CCOCCOCCC(=O)OC(C)(C)C. The van der Waals surface area contributed by atoms with Gasteiger partial charge >= 0.3 is 5.97 Å². The summed E-state index contributed by atoms with van der Waals surface area (Å²) in [5.41, 5.74) is -0.431. The van der Waals surface area contributed by atoms with Crippen LogP contribution in [0.1, 0.15) is 27.2 Å². The molecule has 0 rings (SSSR count). The van der Waals surface area contributed by atoms with Crippen molar-refractivity contribution >= 4 is 5.97 Å². The maximum Gasteiger partial charge on any atom is 0.308 e. The Morgan fingerprint density at radius 2 is 1.67 bits per heavy atom. The van der Waals surface area contributed by atoms with E-state index in [1.807, 2.05) is 27.8 Å². The molecule has 0 amide bonds. The quantitative estimate of drug-likeness (QED) is 0.427. The minimum absolute atomic E-state index is 0.227. The Balaban J connectivity index is 3.31. The largest absolute Gasteiger partial charge is 0.460 e. The Kier molecular flexibility index (Phi) is 11.5. The molecule has 0 heterocycles. The highest BCUT2D eigenvalue weighted by Gasteiger charge is 2.15. The van der Waals surface area contributed by atoms with Gasteiger partial charge in [0.25, 0.3) is 0 Å². The fraction of sp³-hybridized carbons (Fsp3) is 0.933. The van der Waals surface area contributed by atoms with Crippen molar-refractivity contribution in [2.75, 3.05) is 60.2 Å². The number of esters is 1. The van der Waals surface area contributed by atoms with Gasteiger partial charge in [-0.15, -0.1) is 0 Å². The number of carbonyl (C=O) groups is 1. The first-order valence-electron chi connectivity index (χ1n) is 7.55. The summed E-state index contributed by atoms with van der Waals surface area (Å²) in [5, 5.41) is 3.11. The first kappa shape index (κ1) is 20.3. The van der Waals surface area contributed by atoms with Crippen LogP contribution in [0, 0.1) is 0 Å². The molecule has 0 saturated carbocycles. The molecule has 0 aliphatic carbocycles. The van der Waals surface area contributed by atoms with Gasteiger partial charge in [-0.25, -0.2) is 0 Å². The van der Waals surface area contributed by atoms with Gasteiger partial charge in [-0.3, -0.25) is 4.79 Å². The number of nitrogens with zero attached hydrogens (tertiary/aromatic N) is 1. The van der Waals surface area contributed by atoms with Crippen LogP contribution >= 0.6 is 0 Å². The van der Waals surface area contributed by atoms with E-state index in [4.69, 9.17) is 14.2 Å². The first-order valence-corrected chi connectivity index (χ1v) is 7.55. The average Bonchev–Trinajstić information content (AvgIpc) is 2.37. The zero-order chi connectivity index (χ0) is 16.1. The summed E-state index contributed by atoms with van der Waals surface area (Å²) < 4.78 is 16.0. The van der Waals surface area contributed by atoms with Crippen LogP contribution in [0.4, 0.5) is 0 Å². The van der Waals surface area contributed by atoms with Crippen molar-refractivity contribution in [3.05, 3.63) is 0 Å². The molecule has 21 heavy (non-hydrogen) atoms. The molecule has 0 aliphatic rings. The standard InChI is InChI=1S/C15H32N2O4/c1-15(2,3)21-14(18)6-10-19-12-13-20-11-9-17(5)8-7-16-4/h16H,6-13H2,1-5H3. The van der Waals surface area contributed by atoms with Gasteiger partial charge in [-0.05, 0) is 34.9 Å². The predicted octanol–water partition coefficient (Wildman–Crippen LogP) is 0.903. The van der Waals surface area contributed by atoms with E-state index >= 15 is 0 Å². The van der Waals surface area contributed by atoms with Gasteiger partial charge in [0.05, 0.1) is 32.8 Å². The number of hydrogen-bond acceptors (Lipinski definition) is 6. The molecule has 6 nitrogen and oxygen atoms in total. The minimum Gasteiger partial charge on any atom is -0.460 e. The molecule has 0 bridgehead atoms. The lowest BCUT2D eigenvalue weighted by molar-refractivity contribution is -0.156. The van der Waals surface area contributed by atoms with Crippen LogP contribution in [-0.2, 0) is 19.0 Å². The van der Waals surface area contributed by atoms with E-state index in [0.29, 0.717) is 26.4 Å². The number of ether oxygens (including phenoxy) is 3. The maximum atomic E-state index is 11.4. The van der Waals surface area contributed by atoms with Crippen molar-refractivity contribution in [1.82, 2.24) is 10.2 Å². The Bertz CT molecular complexity index is 267. The lowest BCUT2D eigenvalue weighted by atomic mass is 10.2. The first-order chi connectivity index (χ1) is 9.85. The van der Waals surface area contributed by atoms with E-state index < -0.39 is 5.60 Å². The molecule has 0 unspecified atom stereocenters. The summed E-state index contributed by atoms with van der Waals surface area (Å²) in [6, 6.07) is 0. The van der Waals surface area contributed by atoms with Crippen LogP contribution in [0.2, 0.25) is 0 Å². The zero-order valence-electron chi connectivity index (χ0n) is 14.2. The summed E-state index contributed by atoms with van der Waals surface area (Å²) in [5.74, 6) is -0.227. The molecule has 0 aromatic rings. The van der Waals surface area contributed by atoms with Crippen molar-refractivity contribution in [3.8, 4) is 0 Å². The fourth-order valence-electron chi connectivity index (χ4n) is 1.50. The van der Waals surface area contributed by atoms with Gasteiger partial charge in [0.15, 0.2) is 0 Å². The molecule has 0 radical (unpaired) electrons. The number of likely N-dealkylation sites (N-methyl/N-ethyl adjacent to an activating group) is 2. The Labute approximate surface area is 129 Å². The molecule has 1 N–H and O–H groups in total. The highest BCUT2D eigenvalue weighted by molar-refractivity contribution is 5.69. The van der Waals surface area contributed by atoms with Crippen molar-refractivity contribution in [2.45, 2.75) is 32.8 Å². The normalized spacial score (nSPS) is 11.9. The molecule has 126 valence electrons. The lowest BCUT2D eigenvalue weighted by Gasteiger charge is -2.19. The van der Waals surface area contributed by atoms with Crippen LogP contribution in [0.25, 0.3) is 0 Å². The van der Waals surface area contributed by atoms with Crippen molar-refractivity contribution in [2.24, 2.45) is 0 Å². The second kappa shape index (κ2) is 11.9.